The molecule has 0 aromatic heterocycles. The van der Waals surface area contributed by atoms with Crippen LogP contribution in [-0.2, 0) is 17.8 Å². The second-order valence-corrected chi connectivity index (χ2v) is 7.05. The number of amides is 1. The van der Waals surface area contributed by atoms with Crippen LogP contribution in [0.3, 0.4) is 0 Å². The molecule has 0 bridgehead atoms. The first-order chi connectivity index (χ1) is 14.2. The molecule has 0 fully saturated rings. The van der Waals surface area contributed by atoms with Gasteiger partial charge in [0.15, 0.2) is 5.11 Å². The van der Waals surface area contributed by atoms with Crippen LogP contribution in [0.15, 0.2) is 84.9 Å². The van der Waals surface area contributed by atoms with Crippen LogP contribution in [0.1, 0.15) is 24.0 Å². The van der Waals surface area contributed by atoms with Gasteiger partial charge < -0.3 is 15.4 Å². The molecule has 5 heteroatoms. The molecule has 0 saturated heterocycles. The maximum absolute atomic E-state index is 12.1. The number of aryl methyl sites for hydroxylation is 1. The average molecular weight is 405 g/mol. The van der Waals surface area contributed by atoms with Crippen LogP contribution in [0, 0.1) is 0 Å². The molecule has 0 radical (unpaired) electrons. The number of hydrogen-bond donors (Lipinski definition) is 2. The number of carbonyl (C=O) groups is 1. The molecule has 0 spiro atoms. The Morgan fingerprint density at radius 2 is 1.55 bits per heavy atom. The Hall–Kier alpha value is -3.18. The highest BCUT2D eigenvalue weighted by Crippen LogP contribution is 2.18. The minimum absolute atomic E-state index is 0.0880. The SMILES string of the molecule is O=C(CCCc1ccccc1)NC(=S)Nc1cccc(OCc2ccccc2)c1. The van der Waals surface area contributed by atoms with Gasteiger partial charge in [-0.15, -0.1) is 0 Å². The number of anilines is 1. The van der Waals surface area contributed by atoms with Gasteiger partial charge in [-0.25, -0.2) is 0 Å². The first-order valence-electron chi connectivity index (χ1n) is 9.60. The van der Waals surface area contributed by atoms with Crippen LogP contribution in [0.2, 0.25) is 0 Å². The van der Waals surface area contributed by atoms with Gasteiger partial charge >= 0.3 is 0 Å². The molecule has 0 aliphatic rings. The highest BCUT2D eigenvalue weighted by Gasteiger charge is 2.06. The number of thiocarbonyl (C=S) groups is 1. The molecule has 1 amide bonds. The summed E-state index contributed by atoms with van der Waals surface area (Å²) in [6.45, 7) is 0.493. The van der Waals surface area contributed by atoms with Crippen molar-refractivity contribution >= 4 is 28.9 Å². The van der Waals surface area contributed by atoms with Gasteiger partial charge in [0.25, 0.3) is 0 Å². The molecule has 3 aromatic carbocycles. The minimum Gasteiger partial charge on any atom is -0.489 e. The van der Waals surface area contributed by atoms with Crippen LogP contribution in [-0.4, -0.2) is 11.0 Å². The number of hydrogen-bond acceptors (Lipinski definition) is 3. The van der Waals surface area contributed by atoms with E-state index >= 15 is 0 Å². The molecule has 3 aromatic rings. The van der Waals surface area contributed by atoms with Crippen LogP contribution in [0.25, 0.3) is 0 Å². The maximum Gasteiger partial charge on any atom is 0.226 e. The van der Waals surface area contributed by atoms with Gasteiger partial charge in [0.05, 0.1) is 0 Å². The number of ether oxygens (including phenoxy) is 1. The smallest absolute Gasteiger partial charge is 0.226 e. The summed E-state index contributed by atoms with van der Waals surface area (Å²) in [7, 11) is 0. The Morgan fingerprint density at radius 1 is 0.862 bits per heavy atom. The van der Waals surface area contributed by atoms with Crippen molar-refractivity contribution in [2.75, 3.05) is 5.32 Å². The number of carbonyl (C=O) groups excluding carboxylic acids is 1. The summed E-state index contributed by atoms with van der Waals surface area (Å²) in [6, 6.07) is 27.6. The normalized spacial score (nSPS) is 10.2. The van der Waals surface area contributed by atoms with Gasteiger partial charge in [-0.2, -0.15) is 0 Å². The van der Waals surface area contributed by atoms with E-state index < -0.39 is 0 Å². The molecular weight excluding hydrogens is 380 g/mol. The molecule has 2 N–H and O–H groups in total. The third-order valence-corrected chi connectivity index (χ3v) is 4.51. The third kappa shape index (κ3) is 7.39. The first kappa shape index (κ1) is 20.6. The Labute approximate surface area is 176 Å². The Kier molecular flexibility index (Phi) is 7.78. The van der Waals surface area contributed by atoms with Crippen molar-refractivity contribution in [3.63, 3.8) is 0 Å². The Balaban J connectivity index is 1.42. The summed E-state index contributed by atoms with van der Waals surface area (Å²) < 4.78 is 5.82. The minimum atomic E-state index is -0.0880. The third-order valence-electron chi connectivity index (χ3n) is 4.31. The molecule has 0 heterocycles. The lowest BCUT2D eigenvalue weighted by molar-refractivity contribution is -0.119. The lowest BCUT2D eigenvalue weighted by atomic mass is 10.1. The Bertz CT molecular complexity index is 930. The number of benzene rings is 3. The van der Waals surface area contributed by atoms with Gasteiger partial charge in [0, 0.05) is 18.2 Å². The van der Waals surface area contributed by atoms with E-state index in [0.717, 1.165) is 29.8 Å². The molecule has 0 atom stereocenters. The second-order valence-electron chi connectivity index (χ2n) is 6.64. The van der Waals surface area contributed by atoms with E-state index in [4.69, 9.17) is 17.0 Å². The summed E-state index contributed by atoms with van der Waals surface area (Å²) in [5, 5.41) is 6.06. The molecule has 0 aliphatic heterocycles. The van der Waals surface area contributed by atoms with Gasteiger partial charge in [-0.3, -0.25) is 4.79 Å². The fourth-order valence-electron chi connectivity index (χ4n) is 2.85. The predicted molar refractivity (Wildman–Crippen MR) is 121 cm³/mol. The molecule has 3 rings (SSSR count). The van der Waals surface area contributed by atoms with Crippen LogP contribution in [0.4, 0.5) is 5.69 Å². The van der Waals surface area contributed by atoms with Crippen molar-refractivity contribution in [2.24, 2.45) is 0 Å². The summed E-state index contributed by atoms with van der Waals surface area (Å²) in [6.07, 6.45) is 2.08. The maximum atomic E-state index is 12.1. The Morgan fingerprint density at radius 3 is 2.28 bits per heavy atom. The van der Waals surface area contributed by atoms with Crippen molar-refractivity contribution in [1.82, 2.24) is 5.32 Å². The van der Waals surface area contributed by atoms with E-state index in [2.05, 4.69) is 22.8 Å². The van der Waals surface area contributed by atoms with Crippen molar-refractivity contribution in [1.29, 1.82) is 0 Å². The lowest BCUT2D eigenvalue weighted by Crippen LogP contribution is -2.33. The standard InChI is InChI=1S/C24H24N2O2S/c27-23(16-7-13-19-9-3-1-4-10-19)26-24(29)25-21-14-8-15-22(17-21)28-18-20-11-5-2-6-12-20/h1-6,8-12,14-15,17H,7,13,16,18H2,(H2,25,26,27,29). The summed E-state index contributed by atoms with van der Waals surface area (Å²) in [5.41, 5.74) is 3.10. The van der Waals surface area contributed by atoms with E-state index in [0.29, 0.717) is 13.0 Å². The fourth-order valence-corrected chi connectivity index (χ4v) is 3.09. The topological polar surface area (TPSA) is 50.4 Å². The van der Waals surface area contributed by atoms with E-state index in [1.54, 1.807) is 0 Å². The van der Waals surface area contributed by atoms with Crippen molar-refractivity contribution < 1.29 is 9.53 Å². The van der Waals surface area contributed by atoms with E-state index in [9.17, 15) is 4.79 Å². The number of nitrogens with one attached hydrogen (secondary N) is 2. The van der Waals surface area contributed by atoms with Gasteiger partial charge in [0.1, 0.15) is 12.4 Å². The zero-order valence-electron chi connectivity index (χ0n) is 16.1. The highest BCUT2D eigenvalue weighted by molar-refractivity contribution is 7.80. The molecule has 0 aliphatic carbocycles. The molecular formula is C24H24N2O2S. The van der Waals surface area contributed by atoms with Gasteiger partial charge in [0.2, 0.25) is 5.91 Å². The van der Waals surface area contributed by atoms with Crippen LogP contribution in [0.5, 0.6) is 5.75 Å². The van der Waals surface area contributed by atoms with E-state index in [-0.39, 0.29) is 11.0 Å². The van der Waals surface area contributed by atoms with Gasteiger partial charge in [-0.1, -0.05) is 66.7 Å². The van der Waals surface area contributed by atoms with Crippen LogP contribution < -0.4 is 15.4 Å². The van der Waals surface area contributed by atoms with Crippen molar-refractivity contribution in [3.8, 4) is 5.75 Å². The molecule has 0 saturated carbocycles. The molecule has 0 unspecified atom stereocenters. The van der Waals surface area contributed by atoms with Gasteiger partial charge in [-0.05, 0) is 48.3 Å². The highest BCUT2D eigenvalue weighted by atomic mass is 32.1. The quantitative estimate of drug-likeness (QED) is 0.513. The zero-order chi connectivity index (χ0) is 20.3. The lowest BCUT2D eigenvalue weighted by Gasteiger charge is -2.11. The largest absolute Gasteiger partial charge is 0.489 e. The van der Waals surface area contributed by atoms with Crippen molar-refractivity contribution in [3.05, 3.63) is 96.1 Å². The fraction of sp³-hybridized carbons (Fsp3) is 0.167. The summed E-state index contributed by atoms with van der Waals surface area (Å²) in [4.78, 5) is 12.1. The van der Waals surface area contributed by atoms with E-state index in [1.165, 1.54) is 5.56 Å². The monoisotopic (exact) mass is 404 g/mol. The molecule has 4 nitrogen and oxygen atoms in total. The molecule has 29 heavy (non-hydrogen) atoms. The van der Waals surface area contributed by atoms with Crippen LogP contribution >= 0.6 is 12.2 Å². The predicted octanol–water partition coefficient (Wildman–Crippen LogP) is 5.10. The summed E-state index contributed by atoms with van der Waals surface area (Å²) in [5.74, 6) is 0.644. The zero-order valence-corrected chi connectivity index (χ0v) is 17.0. The second kappa shape index (κ2) is 11.0. The summed E-state index contributed by atoms with van der Waals surface area (Å²) >= 11 is 5.26. The van der Waals surface area contributed by atoms with Crippen molar-refractivity contribution in [2.45, 2.75) is 25.9 Å². The first-order valence-corrected chi connectivity index (χ1v) is 10.0. The number of rotatable bonds is 8. The average Bonchev–Trinajstić information content (AvgIpc) is 2.74. The molecule has 148 valence electrons. The van der Waals surface area contributed by atoms with E-state index in [1.807, 2.05) is 72.8 Å².